The minimum Gasteiger partial charge on any atom is -0.345 e. The molecule has 0 spiro atoms. The molecule has 0 aromatic carbocycles. The van der Waals surface area contributed by atoms with Crippen LogP contribution < -0.4 is 16.2 Å². The maximum atomic E-state index is 11.7. The third kappa shape index (κ3) is 2.21. The molecule has 0 aliphatic carbocycles. The van der Waals surface area contributed by atoms with E-state index in [0.29, 0.717) is 24.7 Å². The lowest BCUT2D eigenvalue weighted by Gasteiger charge is -2.33. The van der Waals surface area contributed by atoms with Gasteiger partial charge in [-0.1, -0.05) is 0 Å². The second-order valence-corrected chi connectivity index (χ2v) is 4.45. The average Bonchev–Trinajstić information content (AvgIpc) is 2.35. The van der Waals surface area contributed by atoms with E-state index in [1.54, 1.807) is 4.90 Å². The first kappa shape index (κ1) is 12.6. The van der Waals surface area contributed by atoms with Crippen LogP contribution in [-0.4, -0.2) is 47.5 Å². The molecular weight excluding hydrogens is 232 g/mol. The molecule has 3 N–H and O–H groups in total. The molecule has 1 aliphatic rings. The minimum atomic E-state index is 0.0965. The summed E-state index contributed by atoms with van der Waals surface area (Å²) in [6.07, 6.45) is 0. The van der Waals surface area contributed by atoms with Gasteiger partial charge in [0.2, 0.25) is 5.91 Å². The van der Waals surface area contributed by atoms with Gasteiger partial charge in [0.15, 0.2) is 0 Å². The number of rotatable bonds is 2. The van der Waals surface area contributed by atoms with Gasteiger partial charge in [0, 0.05) is 25.7 Å². The Balaban J connectivity index is 2.33. The van der Waals surface area contributed by atoms with Crippen LogP contribution in [0.4, 0.5) is 11.6 Å². The summed E-state index contributed by atoms with van der Waals surface area (Å²) in [7, 11) is 1.81. The summed E-state index contributed by atoms with van der Waals surface area (Å²) >= 11 is 0. The molecule has 1 aromatic rings. The van der Waals surface area contributed by atoms with Gasteiger partial charge in [0.25, 0.3) is 0 Å². The third-order valence-electron chi connectivity index (χ3n) is 3.13. The van der Waals surface area contributed by atoms with Crippen LogP contribution in [0.25, 0.3) is 0 Å². The van der Waals surface area contributed by atoms with Crippen molar-refractivity contribution >= 4 is 17.5 Å². The van der Waals surface area contributed by atoms with Crippen LogP contribution in [0.3, 0.4) is 0 Å². The highest BCUT2D eigenvalue weighted by atomic mass is 16.2. The maximum Gasteiger partial charge on any atom is 0.241 e. The van der Waals surface area contributed by atoms with Gasteiger partial charge in [0.05, 0.1) is 6.54 Å². The number of nitrogens with one attached hydrogen (secondary N) is 1. The van der Waals surface area contributed by atoms with Crippen LogP contribution in [-0.2, 0) is 4.79 Å². The van der Waals surface area contributed by atoms with Crippen LogP contribution >= 0.6 is 0 Å². The molecule has 7 heteroatoms. The molecule has 0 radical (unpaired) electrons. The zero-order valence-corrected chi connectivity index (χ0v) is 10.9. The quantitative estimate of drug-likeness (QED) is 0.551. The number of aromatic nitrogens is 2. The highest BCUT2D eigenvalue weighted by molar-refractivity contribution is 5.82. The molecule has 18 heavy (non-hydrogen) atoms. The number of amides is 1. The lowest BCUT2D eigenvalue weighted by Crippen LogP contribution is -2.49. The fraction of sp³-hybridized carbons (Fsp3) is 0.545. The smallest absolute Gasteiger partial charge is 0.241 e. The van der Waals surface area contributed by atoms with Crippen molar-refractivity contribution in [2.75, 3.05) is 37.0 Å². The van der Waals surface area contributed by atoms with E-state index >= 15 is 0 Å². The van der Waals surface area contributed by atoms with Crippen LogP contribution in [0.15, 0.2) is 0 Å². The standard InChI is InChI=1S/C11H18N6O/c1-7-10(15-12)13-8(2)14-11(7)17-5-4-16(3)9(18)6-17/h4-6,12H2,1-3H3,(H,13,14,15). The average molecular weight is 250 g/mol. The molecule has 1 aromatic heterocycles. The molecule has 1 amide bonds. The van der Waals surface area contributed by atoms with Crippen molar-refractivity contribution in [1.82, 2.24) is 14.9 Å². The summed E-state index contributed by atoms with van der Waals surface area (Å²) in [5.74, 6) is 7.54. The summed E-state index contributed by atoms with van der Waals surface area (Å²) in [5.41, 5.74) is 3.42. The predicted octanol–water partition coefficient (Wildman–Crippen LogP) is -0.343. The first-order valence-corrected chi connectivity index (χ1v) is 5.83. The number of nitrogens with zero attached hydrogens (tertiary/aromatic N) is 4. The Morgan fingerprint density at radius 2 is 2.00 bits per heavy atom. The fourth-order valence-electron chi connectivity index (χ4n) is 2.00. The summed E-state index contributed by atoms with van der Waals surface area (Å²) in [6.45, 7) is 5.52. The Bertz CT molecular complexity index is 475. The van der Waals surface area contributed by atoms with Gasteiger partial charge in [-0.3, -0.25) is 4.79 Å². The van der Waals surface area contributed by atoms with Crippen molar-refractivity contribution < 1.29 is 4.79 Å². The van der Waals surface area contributed by atoms with Gasteiger partial charge < -0.3 is 15.2 Å². The molecule has 0 saturated carbocycles. The highest BCUT2D eigenvalue weighted by Gasteiger charge is 2.24. The highest BCUT2D eigenvalue weighted by Crippen LogP contribution is 2.23. The number of hydrazine groups is 1. The van der Waals surface area contributed by atoms with Crippen LogP contribution in [0, 0.1) is 13.8 Å². The van der Waals surface area contributed by atoms with Crippen molar-refractivity contribution in [3.05, 3.63) is 11.4 Å². The van der Waals surface area contributed by atoms with Gasteiger partial charge >= 0.3 is 0 Å². The Kier molecular flexibility index (Phi) is 3.33. The second-order valence-electron chi connectivity index (χ2n) is 4.45. The first-order chi connectivity index (χ1) is 8.52. The SMILES string of the molecule is Cc1nc(NN)c(C)c(N2CCN(C)C(=O)C2)n1. The molecular formula is C11H18N6O. The summed E-state index contributed by atoms with van der Waals surface area (Å²) in [5, 5.41) is 0. The maximum absolute atomic E-state index is 11.7. The van der Waals surface area contributed by atoms with E-state index in [2.05, 4.69) is 15.4 Å². The van der Waals surface area contributed by atoms with E-state index in [1.807, 2.05) is 25.8 Å². The van der Waals surface area contributed by atoms with E-state index in [9.17, 15) is 4.79 Å². The number of nitrogen functional groups attached to an aromatic ring is 1. The summed E-state index contributed by atoms with van der Waals surface area (Å²) in [6, 6.07) is 0. The number of hydrogen-bond acceptors (Lipinski definition) is 6. The number of nitrogens with two attached hydrogens (primary N) is 1. The number of carbonyl (C=O) groups excluding carboxylic acids is 1. The minimum absolute atomic E-state index is 0.0965. The van der Waals surface area contributed by atoms with Crippen molar-refractivity contribution in [2.45, 2.75) is 13.8 Å². The second kappa shape index (κ2) is 4.77. The van der Waals surface area contributed by atoms with Gasteiger partial charge in [-0.25, -0.2) is 15.8 Å². The van der Waals surface area contributed by atoms with E-state index in [4.69, 9.17) is 5.84 Å². The number of likely N-dealkylation sites (N-methyl/N-ethyl adjacent to an activating group) is 1. The summed E-state index contributed by atoms with van der Waals surface area (Å²) < 4.78 is 0. The van der Waals surface area contributed by atoms with E-state index in [0.717, 1.165) is 17.9 Å². The van der Waals surface area contributed by atoms with Crippen LogP contribution in [0.5, 0.6) is 0 Å². The largest absolute Gasteiger partial charge is 0.345 e. The van der Waals surface area contributed by atoms with Gasteiger partial charge in [-0.15, -0.1) is 0 Å². The van der Waals surface area contributed by atoms with Crippen molar-refractivity contribution in [2.24, 2.45) is 5.84 Å². The molecule has 1 aliphatic heterocycles. The van der Waals surface area contributed by atoms with Crippen LogP contribution in [0.1, 0.15) is 11.4 Å². The van der Waals surface area contributed by atoms with E-state index in [-0.39, 0.29) is 5.91 Å². The molecule has 2 heterocycles. The zero-order chi connectivity index (χ0) is 13.3. The van der Waals surface area contributed by atoms with Gasteiger partial charge in [-0.05, 0) is 13.8 Å². The Morgan fingerprint density at radius 3 is 2.61 bits per heavy atom. The molecule has 0 bridgehead atoms. The van der Waals surface area contributed by atoms with Crippen molar-refractivity contribution in [3.63, 3.8) is 0 Å². The molecule has 1 saturated heterocycles. The van der Waals surface area contributed by atoms with Crippen molar-refractivity contribution in [1.29, 1.82) is 0 Å². The molecule has 7 nitrogen and oxygen atoms in total. The molecule has 0 unspecified atom stereocenters. The van der Waals surface area contributed by atoms with Gasteiger partial charge in [-0.2, -0.15) is 0 Å². The van der Waals surface area contributed by atoms with Crippen molar-refractivity contribution in [3.8, 4) is 0 Å². The molecule has 0 atom stereocenters. The number of anilines is 2. The predicted molar refractivity (Wildman–Crippen MR) is 69.2 cm³/mol. The lowest BCUT2D eigenvalue weighted by atomic mass is 10.2. The monoisotopic (exact) mass is 250 g/mol. The Hall–Kier alpha value is -1.89. The molecule has 2 rings (SSSR count). The number of aryl methyl sites for hydroxylation is 1. The zero-order valence-electron chi connectivity index (χ0n) is 10.9. The van der Waals surface area contributed by atoms with Crippen LogP contribution in [0.2, 0.25) is 0 Å². The molecule has 1 fully saturated rings. The first-order valence-electron chi connectivity index (χ1n) is 5.83. The number of carbonyl (C=O) groups is 1. The Morgan fingerprint density at radius 1 is 1.28 bits per heavy atom. The molecule has 98 valence electrons. The number of piperazine rings is 1. The lowest BCUT2D eigenvalue weighted by molar-refractivity contribution is -0.129. The van der Waals surface area contributed by atoms with E-state index in [1.165, 1.54) is 0 Å². The normalized spacial score (nSPS) is 16.1. The topological polar surface area (TPSA) is 87.4 Å². The van der Waals surface area contributed by atoms with E-state index < -0.39 is 0 Å². The number of hydrogen-bond donors (Lipinski definition) is 2. The Labute approximate surface area is 106 Å². The third-order valence-corrected chi connectivity index (χ3v) is 3.13. The fourth-order valence-corrected chi connectivity index (χ4v) is 2.00. The summed E-state index contributed by atoms with van der Waals surface area (Å²) in [4.78, 5) is 24.0. The van der Waals surface area contributed by atoms with Gasteiger partial charge in [0.1, 0.15) is 17.5 Å².